The second-order valence-corrected chi connectivity index (χ2v) is 8.84. The molecule has 0 amide bonds. The fourth-order valence-corrected chi connectivity index (χ4v) is 4.15. The van der Waals surface area contributed by atoms with E-state index in [1.165, 1.54) is 5.57 Å². The van der Waals surface area contributed by atoms with Gasteiger partial charge in [0, 0.05) is 31.2 Å². The molecule has 3 rings (SSSR count). The van der Waals surface area contributed by atoms with E-state index in [0.717, 1.165) is 46.8 Å². The van der Waals surface area contributed by atoms with Crippen LogP contribution in [-0.2, 0) is 27.3 Å². The Kier molecular flexibility index (Phi) is 10.4. The molecule has 0 spiro atoms. The smallest absolute Gasteiger partial charge is 0.178 e. The zero-order chi connectivity index (χ0) is 23.6. The molecule has 1 aromatic carbocycles. The van der Waals surface area contributed by atoms with Crippen LogP contribution in [0.15, 0.2) is 23.8 Å². The van der Waals surface area contributed by atoms with E-state index < -0.39 is 0 Å². The lowest BCUT2D eigenvalue weighted by Gasteiger charge is -2.26. The summed E-state index contributed by atoms with van der Waals surface area (Å²) in [7, 11) is 0. The maximum absolute atomic E-state index is 8.65. The Labute approximate surface area is 201 Å². The lowest BCUT2D eigenvalue weighted by molar-refractivity contribution is 0.00355. The van der Waals surface area contributed by atoms with Crippen LogP contribution in [0.5, 0.6) is 5.75 Å². The van der Waals surface area contributed by atoms with E-state index in [-0.39, 0.29) is 6.61 Å². The zero-order valence-corrected chi connectivity index (χ0v) is 20.8. The van der Waals surface area contributed by atoms with Crippen molar-refractivity contribution >= 4 is 23.3 Å². The molecule has 0 saturated carbocycles. The Morgan fingerprint density at radius 2 is 1.76 bits per heavy atom. The fourth-order valence-electron chi connectivity index (χ4n) is 3.87. The fraction of sp³-hybridized carbons (Fsp3) is 0.625. The predicted molar refractivity (Wildman–Crippen MR) is 131 cm³/mol. The molecule has 1 atom stereocenters. The highest BCUT2D eigenvalue weighted by molar-refractivity contribution is 7.71. The van der Waals surface area contributed by atoms with Crippen LogP contribution in [0.2, 0.25) is 0 Å². The van der Waals surface area contributed by atoms with Gasteiger partial charge in [0.05, 0.1) is 57.3 Å². The van der Waals surface area contributed by atoms with Gasteiger partial charge in [0.1, 0.15) is 12.4 Å². The van der Waals surface area contributed by atoms with Gasteiger partial charge in [0.15, 0.2) is 4.77 Å². The standard InChI is InChI=1S/C24H37N3O5S/c1-18(2)6-7-26-17-20-22(32-15-14-31-13-12-30-11-10-29-9-8-28)5-4-21-23(20)27(16-19(26)3)24(33)25-21/h4-6,19,28H,7-17H2,1-3H3,(H,25,33)/t19-/m0/s1. The van der Waals surface area contributed by atoms with E-state index in [1.807, 2.05) is 12.1 Å². The SMILES string of the molecule is CC(C)=CCN1Cc2c(OCCOCCOCCOCCO)ccc3[nH]c(=S)n(c23)C[C@@H]1C. The van der Waals surface area contributed by atoms with E-state index in [4.69, 9.17) is 36.3 Å². The van der Waals surface area contributed by atoms with Gasteiger partial charge in [-0.3, -0.25) is 4.90 Å². The number of rotatable bonds is 14. The topological polar surface area (TPSA) is 81.1 Å². The summed E-state index contributed by atoms with van der Waals surface area (Å²) in [4.78, 5) is 5.81. The number of aliphatic hydroxyl groups excluding tert-OH is 1. The Morgan fingerprint density at radius 3 is 2.42 bits per heavy atom. The van der Waals surface area contributed by atoms with Crippen LogP contribution in [0.1, 0.15) is 26.3 Å². The van der Waals surface area contributed by atoms with Crippen LogP contribution in [-0.4, -0.2) is 85.0 Å². The molecule has 2 N–H and O–H groups in total. The number of H-pyrrole nitrogens is 1. The normalized spacial score (nSPS) is 16.2. The third-order valence-electron chi connectivity index (χ3n) is 5.63. The first-order valence-corrected chi connectivity index (χ1v) is 12.0. The second-order valence-electron chi connectivity index (χ2n) is 8.45. The van der Waals surface area contributed by atoms with Crippen LogP contribution < -0.4 is 4.74 Å². The number of benzene rings is 1. The van der Waals surface area contributed by atoms with E-state index in [0.29, 0.717) is 52.3 Å². The van der Waals surface area contributed by atoms with Gasteiger partial charge in [-0.25, -0.2) is 0 Å². The maximum atomic E-state index is 8.65. The number of hydrogen-bond acceptors (Lipinski definition) is 7. The summed E-state index contributed by atoms with van der Waals surface area (Å²) in [6, 6.07) is 4.42. The van der Waals surface area contributed by atoms with Crippen molar-refractivity contribution in [2.45, 2.75) is 39.9 Å². The minimum Gasteiger partial charge on any atom is -0.491 e. The van der Waals surface area contributed by atoms with Crippen molar-refractivity contribution in [2.75, 3.05) is 59.4 Å². The van der Waals surface area contributed by atoms with E-state index in [2.05, 4.69) is 41.3 Å². The largest absolute Gasteiger partial charge is 0.491 e. The van der Waals surface area contributed by atoms with Crippen LogP contribution in [0.4, 0.5) is 0 Å². The number of nitrogens with one attached hydrogen (secondary N) is 1. The third kappa shape index (κ3) is 7.37. The molecule has 0 bridgehead atoms. The number of ether oxygens (including phenoxy) is 4. The van der Waals surface area contributed by atoms with Crippen molar-refractivity contribution in [3.63, 3.8) is 0 Å². The molecule has 184 valence electrons. The Hall–Kier alpha value is -1.75. The van der Waals surface area contributed by atoms with Gasteiger partial charge in [-0.1, -0.05) is 11.6 Å². The van der Waals surface area contributed by atoms with Crippen LogP contribution in [0, 0.1) is 4.77 Å². The average molecular weight is 480 g/mol. The summed E-state index contributed by atoms with van der Waals surface area (Å²) in [5, 5.41) is 8.65. The quantitative estimate of drug-likeness (QED) is 0.244. The number of nitrogens with zero attached hydrogens (tertiary/aromatic N) is 2. The second kappa shape index (κ2) is 13.2. The highest BCUT2D eigenvalue weighted by atomic mass is 32.1. The summed E-state index contributed by atoms with van der Waals surface area (Å²) >= 11 is 5.62. The Morgan fingerprint density at radius 1 is 1.09 bits per heavy atom. The van der Waals surface area contributed by atoms with Gasteiger partial charge in [-0.15, -0.1) is 0 Å². The van der Waals surface area contributed by atoms with E-state index in [1.54, 1.807) is 0 Å². The van der Waals surface area contributed by atoms with E-state index >= 15 is 0 Å². The monoisotopic (exact) mass is 479 g/mol. The van der Waals surface area contributed by atoms with Gasteiger partial charge < -0.3 is 33.6 Å². The molecule has 0 saturated heterocycles. The van der Waals surface area contributed by atoms with Gasteiger partial charge in [-0.2, -0.15) is 0 Å². The number of aliphatic hydroxyl groups is 1. The lowest BCUT2D eigenvalue weighted by Crippen LogP contribution is -2.34. The molecule has 2 aromatic rings. The van der Waals surface area contributed by atoms with Gasteiger partial charge in [0.25, 0.3) is 0 Å². The van der Waals surface area contributed by atoms with Crippen LogP contribution in [0.3, 0.4) is 0 Å². The first kappa shape index (κ1) is 25.9. The summed E-state index contributed by atoms with van der Waals surface area (Å²) in [6.07, 6.45) is 2.27. The molecule has 2 heterocycles. The molecule has 8 nitrogen and oxygen atoms in total. The Bertz CT molecular complexity index is 967. The van der Waals surface area contributed by atoms with Crippen molar-refractivity contribution < 1.29 is 24.1 Å². The first-order chi connectivity index (χ1) is 16.0. The van der Waals surface area contributed by atoms with Gasteiger partial charge in [-0.05, 0) is 45.1 Å². The highest BCUT2D eigenvalue weighted by Gasteiger charge is 2.25. The minimum absolute atomic E-state index is 0.0305. The maximum Gasteiger partial charge on any atom is 0.178 e. The van der Waals surface area contributed by atoms with Crippen molar-refractivity contribution in [3.8, 4) is 5.75 Å². The number of imidazole rings is 1. The molecule has 0 unspecified atom stereocenters. The summed E-state index contributed by atoms with van der Waals surface area (Å²) < 4.78 is 25.3. The van der Waals surface area contributed by atoms with Gasteiger partial charge >= 0.3 is 0 Å². The zero-order valence-electron chi connectivity index (χ0n) is 20.0. The first-order valence-electron chi connectivity index (χ1n) is 11.6. The molecule has 9 heteroatoms. The van der Waals surface area contributed by atoms with Crippen LogP contribution >= 0.6 is 12.2 Å². The summed E-state index contributed by atoms with van der Waals surface area (Å²) in [5.41, 5.74) is 4.67. The van der Waals surface area contributed by atoms with Crippen molar-refractivity contribution in [1.82, 2.24) is 14.5 Å². The lowest BCUT2D eigenvalue weighted by atomic mass is 10.1. The number of aromatic nitrogens is 2. The number of allylic oxidation sites excluding steroid dienone is 1. The van der Waals surface area contributed by atoms with Crippen LogP contribution in [0.25, 0.3) is 11.0 Å². The minimum atomic E-state index is 0.0305. The van der Waals surface area contributed by atoms with E-state index in [9.17, 15) is 0 Å². The number of aromatic amines is 1. The predicted octanol–water partition coefficient (Wildman–Crippen LogP) is 3.29. The molecule has 0 fully saturated rings. The Balaban J connectivity index is 1.57. The van der Waals surface area contributed by atoms with Gasteiger partial charge in [0.2, 0.25) is 0 Å². The van der Waals surface area contributed by atoms with Crippen molar-refractivity contribution in [1.29, 1.82) is 0 Å². The van der Waals surface area contributed by atoms with Crippen molar-refractivity contribution in [2.24, 2.45) is 0 Å². The highest BCUT2D eigenvalue weighted by Crippen LogP contribution is 2.32. The third-order valence-corrected chi connectivity index (χ3v) is 5.95. The molecule has 0 aliphatic carbocycles. The molecule has 1 aromatic heterocycles. The number of hydrogen-bond donors (Lipinski definition) is 2. The molecule has 1 aliphatic rings. The molecular formula is C24H37N3O5S. The average Bonchev–Trinajstić information content (AvgIpc) is 3.01. The molecule has 1 aliphatic heterocycles. The summed E-state index contributed by atoms with van der Waals surface area (Å²) in [6.45, 7) is 12.4. The molecular weight excluding hydrogens is 442 g/mol. The molecule has 0 radical (unpaired) electrons. The summed E-state index contributed by atoms with van der Waals surface area (Å²) in [5.74, 6) is 0.877. The molecule has 33 heavy (non-hydrogen) atoms. The van der Waals surface area contributed by atoms with Crippen molar-refractivity contribution in [3.05, 3.63) is 34.1 Å².